The van der Waals surface area contributed by atoms with E-state index in [2.05, 4.69) is 37.3 Å². The minimum Gasteiger partial charge on any atom is -0.355 e. The third-order valence-electron chi connectivity index (χ3n) is 3.38. The van der Waals surface area contributed by atoms with Crippen molar-refractivity contribution in [3.05, 3.63) is 12.2 Å². The second kappa shape index (κ2) is 8.14. The normalized spacial score (nSPS) is 19.9. The molecule has 1 aromatic heterocycles. The zero-order chi connectivity index (χ0) is 14.2. The molecule has 1 fully saturated rings. The van der Waals surface area contributed by atoms with Crippen LogP contribution in [0.5, 0.6) is 0 Å². The van der Waals surface area contributed by atoms with Gasteiger partial charge in [-0.3, -0.25) is 4.99 Å². The molecule has 0 radical (unpaired) electrons. The minimum atomic E-state index is 0.543. The fourth-order valence-electron chi connectivity index (χ4n) is 2.28. The van der Waals surface area contributed by atoms with Crippen LogP contribution >= 0.6 is 11.8 Å². The van der Waals surface area contributed by atoms with Crippen LogP contribution in [0.1, 0.15) is 25.6 Å². The highest BCUT2D eigenvalue weighted by Crippen LogP contribution is 2.16. The van der Waals surface area contributed by atoms with Gasteiger partial charge in [-0.05, 0) is 18.6 Å². The van der Waals surface area contributed by atoms with Gasteiger partial charge < -0.3 is 15.2 Å². The van der Waals surface area contributed by atoms with Crippen molar-refractivity contribution < 1.29 is 0 Å². The van der Waals surface area contributed by atoms with Crippen molar-refractivity contribution in [3.8, 4) is 0 Å². The molecule has 0 spiro atoms. The van der Waals surface area contributed by atoms with Gasteiger partial charge in [-0.2, -0.15) is 11.8 Å². The molecule has 1 aliphatic heterocycles. The van der Waals surface area contributed by atoms with E-state index in [9.17, 15) is 0 Å². The fourth-order valence-corrected chi connectivity index (χ4v) is 3.35. The second-order valence-electron chi connectivity index (χ2n) is 4.85. The van der Waals surface area contributed by atoms with Gasteiger partial charge in [0.1, 0.15) is 12.2 Å². The van der Waals surface area contributed by atoms with Crippen LogP contribution in [-0.4, -0.2) is 51.9 Å². The van der Waals surface area contributed by atoms with Crippen LogP contribution in [0.15, 0.2) is 11.3 Å². The summed E-state index contributed by atoms with van der Waals surface area (Å²) in [6.07, 6.45) is 5.22. The van der Waals surface area contributed by atoms with E-state index in [0.717, 1.165) is 31.3 Å². The summed E-state index contributed by atoms with van der Waals surface area (Å²) in [6, 6.07) is 0.543. The van der Waals surface area contributed by atoms with Crippen molar-refractivity contribution in [2.75, 3.05) is 25.1 Å². The molecule has 2 rings (SSSR count). The number of thioether (sulfide) groups is 1. The quantitative estimate of drug-likeness (QED) is 0.624. The van der Waals surface area contributed by atoms with E-state index in [-0.39, 0.29) is 0 Å². The summed E-state index contributed by atoms with van der Waals surface area (Å²) in [5.74, 6) is 4.38. The highest BCUT2D eigenvalue weighted by molar-refractivity contribution is 7.99. The molecule has 6 nitrogen and oxygen atoms in total. The van der Waals surface area contributed by atoms with Crippen molar-refractivity contribution in [2.24, 2.45) is 4.99 Å². The van der Waals surface area contributed by atoms with E-state index in [1.165, 1.54) is 24.3 Å². The molecule has 1 aliphatic rings. The predicted octanol–water partition coefficient (Wildman–Crippen LogP) is 0.901. The third kappa shape index (κ3) is 4.40. The van der Waals surface area contributed by atoms with E-state index in [1.54, 1.807) is 6.33 Å². The maximum atomic E-state index is 4.29. The standard InChI is InChI=1S/C13H24N6S/c1-3-12-18-16-10-19(12)7-6-15-13(14-2)17-11-5-4-8-20-9-11/h10-11H,3-9H2,1-2H3,(H2,14,15,17). The smallest absolute Gasteiger partial charge is 0.191 e. The van der Waals surface area contributed by atoms with E-state index >= 15 is 0 Å². The SMILES string of the molecule is CCc1nncn1CCNC(=NC)NC1CCCSC1. The lowest BCUT2D eigenvalue weighted by Gasteiger charge is -2.24. The van der Waals surface area contributed by atoms with Crippen LogP contribution in [0.2, 0.25) is 0 Å². The molecular formula is C13H24N6S. The third-order valence-corrected chi connectivity index (χ3v) is 4.60. The number of nitrogens with one attached hydrogen (secondary N) is 2. The van der Waals surface area contributed by atoms with Crippen LogP contribution in [0.3, 0.4) is 0 Å². The maximum Gasteiger partial charge on any atom is 0.191 e. The first-order chi connectivity index (χ1) is 9.83. The Balaban J connectivity index is 1.73. The first-order valence-corrected chi connectivity index (χ1v) is 8.40. The Labute approximate surface area is 124 Å². The molecule has 0 aromatic carbocycles. The Morgan fingerprint density at radius 3 is 3.20 bits per heavy atom. The lowest BCUT2D eigenvalue weighted by Crippen LogP contribution is -2.46. The Bertz CT molecular complexity index is 424. The van der Waals surface area contributed by atoms with Gasteiger partial charge in [0.2, 0.25) is 0 Å². The lowest BCUT2D eigenvalue weighted by atomic mass is 10.2. The second-order valence-corrected chi connectivity index (χ2v) is 6.00. The van der Waals surface area contributed by atoms with Gasteiger partial charge in [0.05, 0.1) is 0 Å². The monoisotopic (exact) mass is 296 g/mol. The Kier molecular flexibility index (Phi) is 6.17. The van der Waals surface area contributed by atoms with Gasteiger partial charge in [-0.1, -0.05) is 6.92 Å². The predicted molar refractivity (Wildman–Crippen MR) is 84.2 cm³/mol. The van der Waals surface area contributed by atoms with E-state index in [1.807, 2.05) is 18.8 Å². The Morgan fingerprint density at radius 2 is 2.50 bits per heavy atom. The van der Waals surface area contributed by atoms with E-state index < -0.39 is 0 Å². The van der Waals surface area contributed by atoms with Gasteiger partial charge in [-0.25, -0.2) is 0 Å². The number of aryl methyl sites for hydroxylation is 1. The maximum absolute atomic E-state index is 4.29. The van der Waals surface area contributed by atoms with Gasteiger partial charge >= 0.3 is 0 Å². The summed E-state index contributed by atoms with van der Waals surface area (Å²) in [5.41, 5.74) is 0. The van der Waals surface area contributed by atoms with Crippen molar-refractivity contribution >= 4 is 17.7 Å². The number of hydrogen-bond donors (Lipinski definition) is 2. The first-order valence-electron chi connectivity index (χ1n) is 7.25. The van der Waals surface area contributed by atoms with Crippen molar-refractivity contribution in [3.63, 3.8) is 0 Å². The molecular weight excluding hydrogens is 272 g/mol. The average molecular weight is 296 g/mol. The molecule has 1 aromatic rings. The molecule has 1 atom stereocenters. The van der Waals surface area contributed by atoms with Gasteiger partial charge in [0.25, 0.3) is 0 Å². The highest BCUT2D eigenvalue weighted by atomic mass is 32.2. The van der Waals surface area contributed by atoms with Crippen molar-refractivity contribution in [1.82, 2.24) is 25.4 Å². The van der Waals surface area contributed by atoms with Crippen LogP contribution in [0.4, 0.5) is 0 Å². The summed E-state index contributed by atoms with van der Waals surface area (Å²) in [7, 11) is 1.82. The first kappa shape index (κ1) is 15.2. The van der Waals surface area contributed by atoms with Crippen molar-refractivity contribution in [1.29, 1.82) is 0 Å². The minimum absolute atomic E-state index is 0.543. The summed E-state index contributed by atoms with van der Waals surface area (Å²) in [5, 5.41) is 14.9. The van der Waals surface area contributed by atoms with Crippen LogP contribution in [0, 0.1) is 0 Å². The number of aliphatic imine (C=N–C) groups is 1. The zero-order valence-corrected chi connectivity index (χ0v) is 13.1. The molecule has 2 heterocycles. The summed E-state index contributed by atoms with van der Waals surface area (Å²) >= 11 is 2.02. The highest BCUT2D eigenvalue weighted by Gasteiger charge is 2.14. The van der Waals surface area contributed by atoms with E-state index in [4.69, 9.17) is 0 Å². The van der Waals surface area contributed by atoms with Crippen LogP contribution in [0.25, 0.3) is 0 Å². The number of guanidine groups is 1. The molecule has 7 heteroatoms. The molecule has 2 N–H and O–H groups in total. The largest absolute Gasteiger partial charge is 0.355 e. The molecule has 0 saturated carbocycles. The topological polar surface area (TPSA) is 67.1 Å². The van der Waals surface area contributed by atoms with E-state index in [0.29, 0.717) is 6.04 Å². The van der Waals surface area contributed by atoms with Crippen molar-refractivity contribution in [2.45, 2.75) is 38.8 Å². The lowest BCUT2D eigenvalue weighted by molar-refractivity contribution is 0.573. The Hall–Kier alpha value is -1.24. The summed E-state index contributed by atoms with van der Waals surface area (Å²) < 4.78 is 2.08. The van der Waals surface area contributed by atoms with Gasteiger partial charge in [0, 0.05) is 38.4 Å². The number of rotatable bonds is 5. The summed E-state index contributed by atoms with van der Waals surface area (Å²) in [6.45, 7) is 3.77. The van der Waals surface area contributed by atoms with Gasteiger partial charge in [0.15, 0.2) is 5.96 Å². The Morgan fingerprint density at radius 1 is 1.60 bits per heavy atom. The molecule has 0 aliphatic carbocycles. The molecule has 112 valence electrons. The molecule has 1 unspecified atom stereocenters. The van der Waals surface area contributed by atoms with Crippen LogP contribution < -0.4 is 10.6 Å². The number of aromatic nitrogens is 3. The molecule has 0 bridgehead atoms. The van der Waals surface area contributed by atoms with Crippen LogP contribution in [-0.2, 0) is 13.0 Å². The summed E-state index contributed by atoms with van der Waals surface area (Å²) in [4.78, 5) is 4.29. The number of nitrogens with zero attached hydrogens (tertiary/aromatic N) is 4. The molecule has 1 saturated heterocycles. The van der Waals surface area contributed by atoms with Gasteiger partial charge in [-0.15, -0.1) is 10.2 Å². The number of hydrogen-bond acceptors (Lipinski definition) is 4. The zero-order valence-electron chi connectivity index (χ0n) is 12.3. The fraction of sp³-hybridized carbons (Fsp3) is 0.769. The molecule has 0 amide bonds. The molecule has 20 heavy (non-hydrogen) atoms. The average Bonchev–Trinajstić information content (AvgIpc) is 2.94.